The molecule has 0 aliphatic carbocycles. The molecule has 1 aromatic carbocycles. The molecular weight excluding hydrogens is 360 g/mol. The lowest BCUT2D eigenvalue weighted by Crippen LogP contribution is -2.16. The van der Waals surface area contributed by atoms with Gasteiger partial charge in [-0.3, -0.25) is 9.82 Å². The van der Waals surface area contributed by atoms with E-state index >= 15 is 0 Å². The Bertz CT molecular complexity index is 758. The van der Waals surface area contributed by atoms with Crippen LogP contribution >= 0.6 is 15.9 Å². The van der Waals surface area contributed by atoms with Crippen LogP contribution in [-0.4, -0.2) is 25.7 Å². The standard InChI is InChI=1S/C12H15BrN4O3S/c1-7-12(11(6-14)16-15-7)21(18,19)17-9-3-8(13)4-10(5-9)20-2/h3-5,17H,6,14H2,1-2H3,(H,15,16). The van der Waals surface area contributed by atoms with Gasteiger partial charge in [-0.2, -0.15) is 5.10 Å². The van der Waals surface area contributed by atoms with Crippen molar-refractivity contribution in [1.82, 2.24) is 10.2 Å². The van der Waals surface area contributed by atoms with E-state index in [4.69, 9.17) is 10.5 Å². The topological polar surface area (TPSA) is 110 Å². The lowest BCUT2D eigenvalue weighted by Gasteiger charge is -2.10. The van der Waals surface area contributed by atoms with E-state index in [0.717, 1.165) is 0 Å². The molecule has 0 aliphatic rings. The number of rotatable bonds is 5. The summed E-state index contributed by atoms with van der Waals surface area (Å²) in [6.45, 7) is 1.66. The summed E-state index contributed by atoms with van der Waals surface area (Å²) in [5.74, 6) is 0.532. The van der Waals surface area contributed by atoms with Crippen LogP contribution in [0.5, 0.6) is 5.75 Å². The fraction of sp³-hybridized carbons (Fsp3) is 0.250. The highest BCUT2D eigenvalue weighted by Gasteiger charge is 2.24. The highest BCUT2D eigenvalue weighted by Crippen LogP contribution is 2.27. The maximum Gasteiger partial charge on any atom is 0.265 e. The summed E-state index contributed by atoms with van der Waals surface area (Å²) in [5, 5.41) is 6.52. The third-order valence-electron chi connectivity index (χ3n) is 2.78. The Morgan fingerprint density at radius 2 is 2.14 bits per heavy atom. The van der Waals surface area contributed by atoms with Crippen molar-refractivity contribution < 1.29 is 13.2 Å². The number of sulfonamides is 1. The quantitative estimate of drug-likeness (QED) is 0.738. The number of benzene rings is 1. The highest BCUT2D eigenvalue weighted by molar-refractivity contribution is 9.10. The Labute approximate surface area is 131 Å². The first-order valence-corrected chi connectivity index (χ1v) is 8.26. The number of H-pyrrole nitrogens is 1. The summed E-state index contributed by atoms with van der Waals surface area (Å²) in [5.41, 5.74) is 6.63. The minimum atomic E-state index is -3.79. The predicted octanol–water partition coefficient (Wildman–Crippen LogP) is 1.75. The lowest BCUT2D eigenvalue weighted by molar-refractivity contribution is 0.415. The molecule has 0 atom stereocenters. The van der Waals surface area contributed by atoms with Crippen molar-refractivity contribution in [2.45, 2.75) is 18.4 Å². The van der Waals surface area contributed by atoms with Crippen molar-refractivity contribution in [3.63, 3.8) is 0 Å². The third kappa shape index (κ3) is 3.36. The molecule has 0 saturated carbocycles. The van der Waals surface area contributed by atoms with Crippen molar-refractivity contribution in [2.75, 3.05) is 11.8 Å². The Morgan fingerprint density at radius 3 is 2.76 bits per heavy atom. The molecule has 1 heterocycles. The summed E-state index contributed by atoms with van der Waals surface area (Å²) in [6.07, 6.45) is 0. The number of nitrogens with zero attached hydrogens (tertiary/aromatic N) is 1. The Balaban J connectivity index is 2.42. The van der Waals surface area contributed by atoms with Crippen LogP contribution in [0.15, 0.2) is 27.6 Å². The summed E-state index contributed by atoms with van der Waals surface area (Å²) in [6, 6.07) is 4.95. The van der Waals surface area contributed by atoms with Gasteiger partial charge in [-0.05, 0) is 19.1 Å². The number of aromatic nitrogens is 2. The molecule has 0 fully saturated rings. The normalized spacial score (nSPS) is 11.4. The monoisotopic (exact) mass is 374 g/mol. The lowest BCUT2D eigenvalue weighted by atomic mass is 10.3. The molecule has 1 aromatic heterocycles. The van der Waals surface area contributed by atoms with Crippen molar-refractivity contribution in [2.24, 2.45) is 5.73 Å². The van der Waals surface area contributed by atoms with Crippen molar-refractivity contribution in [1.29, 1.82) is 0 Å². The van der Waals surface area contributed by atoms with E-state index in [9.17, 15) is 8.42 Å². The van der Waals surface area contributed by atoms with Gasteiger partial charge in [0.1, 0.15) is 10.6 Å². The zero-order valence-corrected chi connectivity index (χ0v) is 13.9. The molecule has 2 aromatic rings. The molecule has 0 amide bonds. The summed E-state index contributed by atoms with van der Waals surface area (Å²) in [7, 11) is -2.28. The molecule has 4 N–H and O–H groups in total. The van der Waals surface area contributed by atoms with E-state index in [2.05, 4.69) is 30.8 Å². The maximum atomic E-state index is 12.5. The minimum Gasteiger partial charge on any atom is -0.497 e. The van der Waals surface area contributed by atoms with E-state index < -0.39 is 10.0 Å². The van der Waals surface area contributed by atoms with Crippen LogP contribution in [0.4, 0.5) is 5.69 Å². The van der Waals surface area contributed by atoms with E-state index in [1.165, 1.54) is 7.11 Å². The molecule has 9 heteroatoms. The number of methoxy groups -OCH3 is 1. The number of hydrogen-bond acceptors (Lipinski definition) is 5. The van der Waals surface area contributed by atoms with E-state index in [1.54, 1.807) is 25.1 Å². The number of hydrogen-bond donors (Lipinski definition) is 3. The van der Waals surface area contributed by atoms with E-state index in [0.29, 0.717) is 27.3 Å². The van der Waals surface area contributed by atoms with Crippen LogP contribution in [0.25, 0.3) is 0 Å². The first-order chi connectivity index (χ1) is 9.87. The third-order valence-corrected chi connectivity index (χ3v) is 4.82. The van der Waals surface area contributed by atoms with Crippen LogP contribution in [0.2, 0.25) is 0 Å². The summed E-state index contributed by atoms with van der Waals surface area (Å²) >= 11 is 3.30. The van der Waals surface area contributed by atoms with Gasteiger partial charge in [-0.25, -0.2) is 8.42 Å². The van der Waals surface area contributed by atoms with Gasteiger partial charge < -0.3 is 10.5 Å². The molecule has 0 aliphatic heterocycles. The number of anilines is 1. The van der Waals surface area contributed by atoms with Crippen molar-refractivity contribution >= 4 is 31.6 Å². The van der Waals surface area contributed by atoms with Gasteiger partial charge in [-0.1, -0.05) is 15.9 Å². The van der Waals surface area contributed by atoms with E-state index in [-0.39, 0.29) is 11.4 Å². The molecular formula is C12H15BrN4O3S. The smallest absolute Gasteiger partial charge is 0.265 e. The van der Waals surface area contributed by atoms with Gasteiger partial charge in [0.15, 0.2) is 0 Å². The predicted molar refractivity (Wildman–Crippen MR) is 82.7 cm³/mol. The number of nitrogens with two attached hydrogens (primary N) is 1. The number of aromatic amines is 1. The number of nitrogens with one attached hydrogen (secondary N) is 2. The summed E-state index contributed by atoms with van der Waals surface area (Å²) in [4.78, 5) is 0.0731. The molecule has 2 rings (SSSR count). The van der Waals surface area contributed by atoms with Crippen LogP contribution in [0.1, 0.15) is 11.4 Å². The maximum absolute atomic E-state index is 12.5. The van der Waals surface area contributed by atoms with Gasteiger partial charge in [0.2, 0.25) is 0 Å². The van der Waals surface area contributed by atoms with Crippen LogP contribution in [-0.2, 0) is 16.6 Å². The number of halogens is 1. The van der Waals surface area contributed by atoms with Crippen LogP contribution in [0, 0.1) is 6.92 Å². The van der Waals surface area contributed by atoms with Crippen molar-refractivity contribution in [3.8, 4) is 5.75 Å². The first kappa shape index (κ1) is 15.8. The highest BCUT2D eigenvalue weighted by atomic mass is 79.9. The molecule has 0 spiro atoms. The molecule has 0 unspecified atom stereocenters. The second kappa shape index (κ2) is 6.04. The Hall–Kier alpha value is -1.58. The number of aryl methyl sites for hydroxylation is 1. The Kier molecular flexibility index (Phi) is 4.55. The zero-order valence-electron chi connectivity index (χ0n) is 11.5. The minimum absolute atomic E-state index is 0.0301. The second-order valence-corrected chi connectivity index (χ2v) is 6.85. The molecule has 0 saturated heterocycles. The largest absolute Gasteiger partial charge is 0.497 e. The van der Waals surface area contributed by atoms with Crippen LogP contribution in [0.3, 0.4) is 0 Å². The number of ether oxygens (including phenoxy) is 1. The van der Waals surface area contributed by atoms with Gasteiger partial charge >= 0.3 is 0 Å². The van der Waals surface area contributed by atoms with Gasteiger partial charge in [0.05, 0.1) is 24.2 Å². The Morgan fingerprint density at radius 1 is 1.43 bits per heavy atom. The molecule has 7 nitrogen and oxygen atoms in total. The van der Waals surface area contributed by atoms with Gasteiger partial charge in [0.25, 0.3) is 10.0 Å². The molecule has 0 radical (unpaired) electrons. The van der Waals surface area contributed by atoms with E-state index in [1.807, 2.05) is 0 Å². The first-order valence-electron chi connectivity index (χ1n) is 5.98. The van der Waals surface area contributed by atoms with Gasteiger partial charge in [0, 0.05) is 17.1 Å². The molecule has 0 bridgehead atoms. The zero-order chi connectivity index (χ0) is 15.6. The fourth-order valence-corrected chi connectivity index (χ4v) is 3.80. The molecule has 114 valence electrons. The molecule has 21 heavy (non-hydrogen) atoms. The average molecular weight is 375 g/mol. The second-order valence-electron chi connectivity index (χ2n) is 4.31. The fourth-order valence-electron chi connectivity index (χ4n) is 1.91. The van der Waals surface area contributed by atoms with Crippen LogP contribution < -0.4 is 15.2 Å². The average Bonchev–Trinajstić information content (AvgIpc) is 2.79. The van der Waals surface area contributed by atoms with Crippen molar-refractivity contribution in [3.05, 3.63) is 34.1 Å². The van der Waals surface area contributed by atoms with Gasteiger partial charge in [-0.15, -0.1) is 0 Å². The SMILES string of the molecule is COc1cc(Br)cc(NS(=O)(=O)c2c(CN)n[nH]c2C)c1. The summed E-state index contributed by atoms with van der Waals surface area (Å²) < 4.78 is 33.3.